The summed E-state index contributed by atoms with van der Waals surface area (Å²) in [6, 6.07) is 3.96. The molecule has 0 aliphatic rings. The summed E-state index contributed by atoms with van der Waals surface area (Å²) < 4.78 is 60.9. The van der Waals surface area contributed by atoms with Crippen LogP contribution >= 0.6 is 0 Å². The van der Waals surface area contributed by atoms with Crippen LogP contribution in [0.3, 0.4) is 0 Å². The zero-order valence-corrected chi connectivity index (χ0v) is 10.4. The Morgan fingerprint density at radius 1 is 1.33 bits per heavy atom. The Kier molecular flexibility index (Phi) is 4.23. The van der Waals surface area contributed by atoms with E-state index in [9.17, 15) is 21.6 Å². The Balaban J connectivity index is 2.77. The molecule has 102 valence electrons. The molecule has 0 radical (unpaired) electrons. The molecule has 0 aliphatic carbocycles. The van der Waals surface area contributed by atoms with E-state index < -0.39 is 29.2 Å². The first-order valence-electron chi connectivity index (χ1n) is 5.04. The summed E-state index contributed by atoms with van der Waals surface area (Å²) in [7, 11) is -3.93. The van der Waals surface area contributed by atoms with Gasteiger partial charge in [-0.05, 0) is 30.7 Å². The Hall–Kier alpha value is -1.28. The second-order valence-corrected chi connectivity index (χ2v) is 5.55. The summed E-state index contributed by atoms with van der Waals surface area (Å²) >= 11 is 0. The van der Waals surface area contributed by atoms with E-state index in [0.29, 0.717) is 11.3 Å². The molecule has 8 heteroatoms. The monoisotopic (exact) mass is 282 g/mol. The summed E-state index contributed by atoms with van der Waals surface area (Å²) in [6.07, 6.45) is -5.60. The van der Waals surface area contributed by atoms with Gasteiger partial charge in [0.2, 0.25) is 10.0 Å². The zero-order valence-electron chi connectivity index (χ0n) is 9.58. The molecule has 1 aromatic rings. The third-order valence-electron chi connectivity index (χ3n) is 2.25. The number of aryl methyl sites for hydroxylation is 1. The van der Waals surface area contributed by atoms with Crippen molar-refractivity contribution in [2.45, 2.75) is 24.4 Å². The molecule has 0 bridgehead atoms. The average Bonchev–Trinajstić information content (AvgIpc) is 2.19. The van der Waals surface area contributed by atoms with Crippen LogP contribution in [-0.2, 0) is 10.0 Å². The molecule has 0 spiro atoms. The van der Waals surface area contributed by atoms with Gasteiger partial charge >= 0.3 is 6.18 Å². The van der Waals surface area contributed by atoms with E-state index in [1.165, 1.54) is 18.2 Å². The Morgan fingerprint density at radius 2 is 1.94 bits per heavy atom. The number of sulfonamides is 1. The van der Waals surface area contributed by atoms with Gasteiger partial charge in [0.05, 0.1) is 11.3 Å². The third kappa shape index (κ3) is 4.19. The molecular formula is C10H13F3N2O2S. The second-order valence-electron chi connectivity index (χ2n) is 3.78. The minimum atomic E-state index is -4.39. The van der Waals surface area contributed by atoms with E-state index in [0.717, 1.165) is 0 Å². The van der Waals surface area contributed by atoms with Crippen LogP contribution in [0.2, 0.25) is 0 Å². The smallest absolute Gasteiger partial charge is 0.390 e. The van der Waals surface area contributed by atoms with Crippen molar-refractivity contribution in [2.75, 3.05) is 12.3 Å². The van der Waals surface area contributed by atoms with Gasteiger partial charge in [-0.3, -0.25) is 0 Å². The van der Waals surface area contributed by atoms with Crippen LogP contribution in [0, 0.1) is 6.92 Å². The number of halogens is 3. The van der Waals surface area contributed by atoms with Crippen molar-refractivity contribution in [1.29, 1.82) is 0 Å². The largest absolute Gasteiger partial charge is 0.399 e. The first-order valence-corrected chi connectivity index (χ1v) is 6.53. The number of nitrogens with one attached hydrogen (secondary N) is 1. The Labute approximate surface area is 103 Å². The molecule has 1 aromatic carbocycles. The topological polar surface area (TPSA) is 72.2 Å². The van der Waals surface area contributed by atoms with Crippen LogP contribution in [0.5, 0.6) is 0 Å². The first-order chi connectivity index (χ1) is 8.12. The van der Waals surface area contributed by atoms with Gasteiger partial charge in [-0.15, -0.1) is 0 Å². The summed E-state index contributed by atoms with van der Waals surface area (Å²) in [5.74, 6) is 0. The van der Waals surface area contributed by atoms with Gasteiger partial charge in [-0.2, -0.15) is 13.2 Å². The maximum atomic E-state index is 11.9. The first kappa shape index (κ1) is 14.8. The lowest BCUT2D eigenvalue weighted by Gasteiger charge is -2.09. The lowest BCUT2D eigenvalue weighted by Crippen LogP contribution is -2.28. The lowest BCUT2D eigenvalue weighted by atomic mass is 10.2. The van der Waals surface area contributed by atoms with E-state index >= 15 is 0 Å². The minimum Gasteiger partial charge on any atom is -0.399 e. The molecule has 0 aromatic heterocycles. The molecule has 0 heterocycles. The fourth-order valence-corrected chi connectivity index (χ4v) is 2.34. The summed E-state index contributed by atoms with van der Waals surface area (Å²) in [4.78, 5) is -0.101. The van der Waals surface area contributed by atoms with Gasteiger partial charge in [-0.1, -0.05) is 0 Å². The molecule has 4 nitrogen and oxygen atoms in total. The molecule has 0 fully saturated rings. The van der Waals surface area contributed by atoms with Gasteiger partial charge in [0.25, 0.3) is 0 Å². The van der Waals surface area contributed by atoms with Gasteiger partial charge in [-0.25, -0.2) is 13.1 Å². The van der Waals surface area contributed by atoms with E-state index in [-0.39, 0.29) is 4.90 Å². The van der Waals surface area contributed by atoms with Crippen LogP contribution in [0.4, 0.5) is 18.9 Å². The van der Waals surface area contributed by atoms with Crippen LogP contribution in [-0.4, -0.2) is 21.1 Å². The molecule has 3 N–H and O–H groups in total. The molecule has 0 atom stereocenters. The number of benzene rings is 1. The second kappa shape index (κ2) is 5.15. The highest BCUT2D eigenvalue weighted by atomic mass is 32.2. The molecule has 0 unspecified atom stereocenters. The fraction of sp³-hybridized carbons (Fsp3) is 0.400. The molecule has 18 heavy (non-hydrogen) atoms. The number of hydrogen-bond acceptors (Lipinski definition) is 3. The van der Waals surface area contributed by atoms with Crippen molar-refractivity contribution in [3.63, 3.8) is 0 Å². The van der Waals surface area contributed by atoms with Crippen molar-refractivity contribution < 1.29 is 21.6 Å². The summed E-state index contributed by atoms with van der Waals surface area (Å²) in [6.45, 7) is 0.930. The number of alkyl halides is 3. The normalized spacial score (nSPS) is 12.7. The Bertz CT molecular complexity index is 526. The van der Waals surface area contributed by atoms with Crippen LogP contribution in [0.1, 0.15) is 12.0 Å². The molecule has 0 aliphatic heterocycles. The van der Waals surface area contributed by atoms with Crippen LogP contribution in [0.15, 0.2) is 23.1 Å². The van der Waals surface area contributed by atoms with Gasteiger partial charge in [0, 0.05) is 12.2 Å². The predicted octanol–water partition coefficient (Wildman–Crippen LogP) is 1.81. The van der Waals surface area contributed by atoms with Crippen molar-refractivity contribution in [3.05, 3.63) is 23.8 Å². The molecule has 0 saturated heterocycles. The molecular weight excluding hydrogens is 269 g/mol. The summed E-state index contributed by atoms with van der Waals surface area (Å²) in [5, 5.41) is 0. The number of nitrogen functional groups attached to an aromatic ring is 1. The van der Waals surface area contributed by atoms with Crippen molar-refractivity contribution in [2.24, 2.45) is 0 Å². The van der Waals surface area contributed by atoms with Gasteiger partial charge < -0.3 is 5.73 Å². The fourth-order valence-electron chi connectivity index (χ4n) is 1.23. The zero-order chi connectivity index (χ0) is 14.0. The Morgan fingerprint density at radius 3 is 2.44 bits per heavy atom. The maximum Gasteiger partial charge on any atom is 0.390 e. The van der Waals surface area contributed by atoms with E-state index in [2.05, 4.69) is 0 Å². The van der Waals surface area contributed by atoms with Crippen LogP contribution in [0.25, 0.3) is 0 Å². The molecule has 0 amide bonds. The van der Waals surface area contributed by atoms with Crippen LogP contribution < -0.4 is 10.5 Å². The van der Waals surface area contributed by atoms with E-state index in [4.69, 9.17) is 5.73 Å². The van der Waals surface area contributed by atoms with E-state index in [1.807, 2.05) is 4.72 Å². The third-order valence-corrected chi connectivity index (χ3v) is 3.71. The standard InChI is InChI=1S/C10H13F3N2O2S/c1-7-6-8(2-3-9(7)14)18(16,17)15-5-4-10(11,12)13/h2-3,6,15H,4-5,14H2,1H3. The van der Waals surface area contributed by atoms with Crippen molar-refractivity contribution >= 4 is 15.7 Å². The van der Waals surface area contributed by atoms with Gasteiger partial charge in [0.15, 0.2) is 0 Å². The maximum absolute atomic E-state index is 11.9. The SMILES string of the molecule is Cc1cc(S(=O)(=O)NCCC(F)(F)F)ccc1N. The lowest BCUT2D eigenvalue weighted by molar-refractivity contribution is -0.132. The number of hydrogen-bond donors (Lipinski definition) is 2. The van der Waals surface area contributed by atoms with E-state index in [1.54, 1.807) is 6.92 Å². The highest BCUT2D eigenvalue weighted by Gasteiger charge is 2.27. The minimum absolute atomic E-state index is 0.101. The number of rotatable bonds is 4. The number of nitrogens with two attached hydrogens (primary N) is 1. The summed E-state index contributed by atoms with van der Waals surface area (Å²) in [5.41, 5.74) is 6.50. The van der Waals surface area contributed by atoms with Gasteiger partial charge in [0.1, 0.15) is 0 Å². The molecule has 0 saturated carbocycles. The van der Waals surface area contributed by atoms with Crippen molar-refractivity contribution in [1.82, 2.24) is 4.72 Å². The number of anilines is 1. The average molecular weight is 282 g/mol. The predicted molar refractivity (Wildman–Crippen MR) is 61.5 cm³/mol. The highest BCUT2D eigenvalue weighted by Crippen LogP contribution is 2.20. The molecule has 1 rings (SSSR count). The van der Waals surface area contributed by atoms with Crippen molar-refractivity contribution in [3.8, 4) is 0 Å². The quantitative estimate of drug-likeness (QED) is 0.827. The highest BCUT2D eigenvalue weighted by molar-refractivity contribution is 7.89.